The lowest BCUT2D eigenvalue weighted by Crippen LogP contribution is -2.38. The molecule has 0 saturated heterocycles. The number of anilines is 1. The van der Waals surface area contributed by atoms with Crippen molar-refractivity contribution in [2.45, 2.75) is 39.9 Å². The van der Waals surface area contributed by atoms with Gasteiger partial charge in [0.05, 0.1) is 12.6 Å². The summed E-state index contributed by atoms with van der Waals surface area (Å²) in [5.41, 5.74) is 1.97. The van der Waals surface area contributed by atoms with Crippen molar-refractivity contribution in [3.05, 3.63) is 42.0 Å². The van der Waals surface area contributed by atoms with Gasteiger partial charge in [0.1, 0.15) is 12.2 Å². The van der Waals surface area contributed by atoms with Crippen LogP contribution in [0.3, 0.4) is 0 Å². The molecule has 6 nitrogen and oxygen atoms in total. The molecule has 1 aromatic carbocycles. The van der Waals surface area contributed by atoms with Crippen LogP contribution in [0.15, 0.2) is 30.6 Å². The maximum Gasteiger partial charge on any atom is 0.241 e. The second kappa shape index (κ2) is 6.99. The van der Waals surface area contributed by atoms with E-state index in [9.17, 15) is 4.79 Å². The van der Waals surface area contributed by atoms with E-state index in [1.165, 1.54) is 0 Å². The molecule has 0 spiro atoms. The predicted molar refractivity (Wildman–Crippen MR) is 81.8 cm³/mol. The van der Waals surface area contributed by atoms with E-state index >= 15 is 0 Å². The van der Waals surface area contributed by atoms with Crippen molar-refractivity contribution in [2.75, 3.05) is 5.32 Å². The fourth-order valence-corrected chi connectivity index (χ4v) is 1.90. The standard InChI is InChI=1S/C15H21N5O/c1-4-20-10-17-19-14(20)9-16-12(3)15(21)18-13-7-5-11(2)6-8-13/h5-8,10,12,16H,4,9H2,1-3H3,(H,18,21). The maximum absolute atomic E-state index is 12.1. The number of nitrogens with one attached hydrogen (secondary N) is 2. The third kappa shape index (κ3) is 4.13. The van der Waals surface area contributed by atoms with E-state index in [0.717, 1.165) is 23.6 Å². The quantitative estimate of drug-likeness (QED) is 0.848. The van der Waals surface area contributed by atoms with Crippen LogP contribution in [0.4, 0.5) is 5.69 Å². The molecule has 0 fully saturated rings. The Hall–Kier alpha value is -2.21. The Labute approximate surface area is 124 Å². The number of nitrogens with zero attached hydrogens (tertiary/aromatic N) is 3. The molecular weight excluding hydrogens is 266 g/mol. The Morgan fingerprint density at radius 1 is 1.33 bits per heavy atom. The van der Waals surface area contributed by atoms with Gasteiger partial charge in [-0.15, -0.1) is 10.2 Å². The second-order valence-electron chi connectivity index (χ2n) is 4.99. The highest BCUT2D eigenvalue weighted by Gasteiger charge is 2.13. The molecule has 1 atom stereocenters. The zero-order chi connectivity index (χ0) is 15.2. The summed E-state index contributed by atoms with van der Waals surface area (Å²) >= 11 is 0. The summed E-state index contributed by atoms with van der Waals surface area (Å²) in [5, 5.41) is 13.9. The molecule has 21 heavy (non-hydrogen) atoms. The Kier molecular flexibility index (Phi) is 5.05. The molecule has 0 aliphatic rings. The fraction of sp³-hybridized carbons (Fsp3) is 0.400. The van der Waals surface area contributed by atoms with E-state index in [1.807, 2.05) is 49.6 Å². The molecule has 1 amide bonds. The molecule has 6 heteroatoms. The van der Waals surface area contributed by atoms with Gasteiger partial charge < -0.3 is 9.88 Å². The van der Waals surface area contributed by atoms with Gasteiger partial charge in [-0.3, -0.25) is 10.1 Å². The summed E-state index contributed by atoms with van der Waals surface area (Å²) in [6.07, 6.45) is 1.69. The lowest BCUT2D eigenvalue weighted by molar-refractivity contribution is -0.117. The van der Waals surface area contributed by atoms with Gasteiger partial charge in [0.25, 0.3) is 0 Å². The van der Waals surface area contributed by atoms with Crippen LogP contribution in [0.25, 0.3) is 0 Å². The molecule has 0 saturated carbocycles. The SMILES string of the molecule is CCn1cnnc1CNC(C)C(=O)Nc1ccc(C)cc1. The zero-order valence-electron chi connectivity index (χ0n) is 12.6. The molecule has 2 rings (SSSR count). The van der Waals surface area contributed by atoms with Crippen LogP contribution in [0, 0.1) is 6.92 Å². The molecule has 0 bridgehead atoms. The van der Waals surface area contributed by atoms with Crippen LogP contribution in [-0.2, 0) is 17.9 Å². The van der Waals surface area contributed by atoms with Crippen molar-refractivity contribution in [3.63, 3.8) is 0 Å². The first kappa shape index (κ1) is 15.2. The lowest BCUT2D eigenvalue weighted by Gasteiger charge is -2.14. The molecule has 2 aromatic rings. The van der Waals surface area contributed by atoms with Gasteiger partial charge in [-0.25, -0.2) is 0 Å². The molecular formula is C15H21N5O. The minimum absolute atomic E-state index is 0.0681. The number of carbonyl (C=O) groups is 1. The van der Waals surface area contributed by atoms with Crippen LogP contribution >= 0.6 is 0 Å². The normalized spacial score (nSPS) is 12.1. The first-order valence-corrected chi connectivity index (χ1v) is 7.07. The fourth-order valence-electron chi connectivity index (χ4n) is 1.90. The summed E-state index contributed by atoms with van der Waals surface area (Å²) in [4.78, 5) is 12.1. The van der Waals surface area contributed by atoms with Crippen molar-refractivity contribution in [1.82, 2.24) is 20.1 Å². The number of amides is 1. The van der Waals surface area contributed by atoms with Crippen LogP contribution < -0.4 is 10.6 Å². The van der Waals surface area contributed by atoms with Gasteiger partial charge in [-0.1, -0.05) is 17.7 Å². The number of aromatic nitrogens is 3. The minimum atomic E-state index is -0.312. The van der Waals surface area contributed by atoms with Crippen molar-refractivity contribution in [2.24, 2.45) is 0 Å². The minimum Gasteiger partial charge on any atom is -0.325 e. The molecule has 0 aliphatic heterocycles. The Morgan fingerprint density at radius 3 is 2.71 bits per heavy atom. The number of benzene rings is 1. The first-order valence-electron chi connectivity index (χ1n) is 7.07. The largest absolute Gasteiger partial charge is 0.325 e. The van der Waals surface area contributed by atoms with E-state index < -0.39 is 0 Å². The predicted octanol–water partition coefficient (Wildman–Crippen LogP) is 1.72. The summed E-state index contributed by atoms with van der Waals surface area (Å²) < 4.78 is 1.94. The maximum atomic E-state index is 12.1. The van der Waals surface area contributed by atoms with Gasteiger partial charge in [0.2, 0.25) is 5.91 Å². The summed E-state index contributed by atoms with van der Waals surface area (Å²) in [5.74, 6) is 0.758. The molecule has 1 aromatic heterocycles. The number of carbonyl (C=O) groups excluding carboxylic acids is 1. The van der Waals surface area contributed by atoms with Crippen LogP contribution in [-0.4, -0.2) is 26.7 Å². The van der Waals surface area contributed by atoms with Crippen LogP contribution in [0.2, 0.25) is 0 Å². The Bertz CT molecular complexity index is 590. The number of hydrogen-bond acceptors (Lipinski definition) is 4. The third-order valence-electron chi connectivity index (χ3n) is 3.32. The molecule has 112 valence electrons. The van der Waals surface area contributed by atoms with E-state index in [0.29, 0.717) is 6.54 Å². The smallest absolute Gasteiger partial charge is 0.241 e. The van der Waals surface area contributed by atoms with Gasteiger partial charge in [0.15, 0.2) is 0 Å². The van der Waals surface area contributed by atoms with Crippen molar-refractivity contribution in [3.8, 4) is 0 Å². The summed E-state index contributed by atoms with van der Waals surface area (Å²) in [6, 6.07) is 7.42. The molecule has 1 unspecified atom stereocenters. The average molecular weight is 287 g/mol. The highest BCUT2D eigenvalue weighted by Crippen LogP contribution is 2.09. The molecule has 0 radical (unpaired) electrons. The number of rotatable bonds is 6. The number of aryl methyl sites for hydroxylation is 2. The van der Waals surface area contributed by atoms with Gasteiger partial charge in [0, 0.05) is 12.2 Å². The van der Waals surface area contributed by atoms with Crippen molar-refractivity contribution < 1.29 is 4.79 Å². The van der Waals surface area contributed by atoms with Crippen molar-refractivity contribution >= 4 is 11.6 Å². The second-order valence-corrected chi connectivity index (χ2v) is 4.99. The molecule has 2 N–H and O–H groups in total. The van der Waals surface area contributed by atoms with Crippen LogP contribution in [0.5, 0.6) is 0 Å². The summed E-state index contributed by atoms with van der Waals surface area (Å²) in [6.45, 7) is 7.19. The van der Waals surface area contributed by atoms with Gasteiger partial charge in [-0.05, 0) is 32.9 Å². The Morgan fingerprint density at radius 2 is 2.05 bits per heavy atom. The number of hydrogen-bond donors (Lipinski definition) is 2. The summed E-state index contributed by atoms with van der Waals surface area (Å²) in [7, 11) is 0. The highest BCUT2D eigenvalue weighted by atomic mass is 16.2. The van der Waals surface area contributed by atoms with E-state index in [-0.39, 0.29) is 11.9 Å². The van der Waals surface area contributed by atoms with Crippen LogP contribution in [0.1, 0.15) is 25.2 Å². The molecule has 0 aliphatic carbocycles. The highest BCUT2D eigenvalue weighted by molar-refractivity contribution is 5.94. The van der Waals surface area contributed by atoms with Crippen molar-refractivity contribution in [1.29, 1.82) is 0 Å². The zero-order valence-corrected chi connectivity index (χ0v) is 12.6. The monoisotopic (exact) mass is 287 g/mol. The first-order chi connectivity index (χ1) is 10.1. The van der Waals surface area contributed by atoms with Gasteiger partial charge >= 0.3 is 0 Å². The topological polar surface area (TPSA) is 71.8 Å². The van der Waals surface area contributed by atoms with E-state index in [2.05, 4.69) is 20.8 Å². The third-order valence-corrected chi connectivity index (χ3v) is 3.32. The van der Waals surface area contributed by atoms with E-state index in [4.69, 9.17) is 0 Å². The van der Waals surface area contributed by atoms with E-state index in [1.54, 1.807) is 6.33 Å². The van der Waals surface area contributed by atoms with Gasteiger partial charge in [-0.2, -0.15) is 0 Å². The average Bonchev–Trinajstić information content (AvgIpc) is 2.94. The Balaban J connectivity index is 1.86. The molecule has 1 heterocycles. The lowest BCUT2D eigenvalue weighted by atomic mass is 10.2.